The van der Waals surface area contributed by atoms with Gasteiger partial charge in [-0.1, -0.05) is 61.9 Å². The van der Waals surface area contributed by atoms with Crippen LogP contribution in [0.25, 0.3) is 11.1 Å². The van der Waals surface area contributed by atoms with E-state index >= 15 is 0 Å². The molecule has 98 valence electrons. The third kappa shape index (κ3) is 1.89. The molecule has 0 atom stereocenters. The Bertz CT molecular complexity index is 540. The molecule has 1 nitrogen and oxygen atoms in total. The first-order valence-electron chi connectivity index (χ1n) is 7.17. The van der Waals surface area contributed by atoms with E-state index in [4.69, 9.17) is 5.73 Å². The Morgan fingerprint density at radius 2 is 1.37 bits per heavy atom. The summed E-state index contributed by atoms with van der Waals surface area (Å²) in [4.78, 5) is 0. The van der Waals surface area contributed by atoms with Gasteiger partial charge in [-0.25, -0.2) is 0 Å². The fourth-order valence-electron chi connectivity index (χ4n) is 3.44. The zero-order valence-electron chi connectivity index (χ0n) is 11.5. The van der Waals surface area contributed by atoms with E-state index in [0.29, 0.717) is 0 Å². The molecule has 0 amide bonds. The summed E-state index contributed by atoms with van der Waals surface area (Å²) in [5.74, 6) is 0. The molecule has 0 bridgehead atoms. The average molecular weight is 251 g/mol. The van der Waals surface area contributed by atoms with Gasteiger partial charge in [-0.05, 0) is 41.6 Å². The van der Waals surface area contributed by atoms with Gasteiger partial charge in [0.2, 0.25) is 0 Å². The second-order valence-electron chi connectivity index (χ2n) is 5.67. The third-order valence-electron chi connectivity index (χ3n) is 4.46. The van der Waals surface area contributed by atoms with Gasteiger partial charge in [0.1, 0.15) is 0 Å². The van der Waals surface area contributed by atoms with Crippen molar-refractivity contribution in [1.82, 2.24) is 0 Å². The molecule has 1 heteroatoms. The Morgan fingerprint density at radius 1 is 0.842 bits per heavy atom. The van der Waals surface area contributed by atoms with Crippen LogP contribution in [0.5, 0.6) is 0 Å². The van der Waals surface area contributed by atoms with Crippen LogP contribution >= 0.6 is 0 Å². The number of hydrogen-bond donors (Lipinski definition) is 1. The lowest BCUT2D eigenvalue weighted by Gasteiger charge is -2.27. The molecule has 0 fully saturated rings. The van der Waals surface area contributed by atoms with Crippen LogP contribution in [0.3, 0.4) is 0 Å². The maximum absolute atomic E-state index is 5.65. The van der Waals surface area contributed by atoms with Crippen LogP contribution < -0.4 is 5.73 Å². The summed E-state index contributed by atoms with van der Waals surface area (Å²) in [5, 5.41) is 0. The fraction of sp³-hybridized carbons (Fsp3) is 0.333. The highest BCUT2D eigenvalue weighted by Gasteiger charge is 2.37. The zero-order valence-corrected chi connectivity index (χ0v) is 11.5. The van der Waals surface area contributed by atoms with Crippen molar-refractivity contribution < 1.29 is 0 Å². The van der Waals surface area contributed by atoms with E-state index in [-0.39, 0.29) is 5.41 Å². The highest BCUT2D eigenvalue weighted by molar-refractivity contribution is 5.80. The molecular weight excluding hydrogens is 230 g/mol. The van der Waals surface area contributed by atoms with Crippen LogP contribution in [0.4, 0.5) is 0 Å². The summed E-state index contributed by atoms with van der Waals surface area (Å²) in [6, 6.07) is 17.7. The van der Waals surface area contributed by atoms with Gasteiger partial charge in [0.05, 0.1) is 0 Å². The standard InChI is InChI=1S/C18H21N/c1-18(12-6-7-13-19)16-10-4-2-8-14(16)15-9-3-5-11-17(15)18/h2-5,8-11H,6-7,12-13,19H2,1H3. The van der Waals surface area contributed by atoms with Gasteiger partial charge in [-0.3, -0.25) is 0 Å². The van der Waals surface area contributed by atoms with Crippen molar-refractivity contribution in [3.63, 3.8) is 0 Å². The van der Waals surface area contributed by atoms with Crippen LogP contribution in [0.15, 0.2) is 48.5 Å². The second-order valence-corrected chi connectivity index (χ2v) is 5.67. The lowest BCUT2D eigenvalue weighted by atomic mass is 9.76. The quantitative estimate of drug-likeness (QED) is 0.813. The highest BCUT2D eigenvalue weighted by atomic mass is 14.5. The van der Waals surface area contributed by atoms with Gasteiger partial charge in [-0.15, -0.1) is 0 Å². The molecule has 19 heavy (non-hydrogen) atoms. The van der Waals surface area contributed by atoms with E-state index in [9.17, 15) is 0 Å². The van der Waals surface area contributed by atoms with Gasteiger partial charge in [0, 0.05) is 5.41 Å². The molecule has 0 saturated heterocycles. The summed E-state index contributed by atoms with van der Waals surface area (Å²) in [6.07, 6.45) is 3.48. The summed E-state index contributed by atoms with van der Waals surface area (Å²) in [7, 11) is 0. The number of hydrogen-bond acceptors (Lipinski definition) is 1. The van der Waals surface area contributed by atoms with E-state index < -0.39 is 0 Å². The van der Waals surface area contributed by atoms with Crippen LogP contribution in [-0.4, -0.2) is 6.54 Å². The minimum Gasteiger partial charge on any atom is -0.330 e. The van der Waals surface area contributed by atoms with E-state index in [1.54, 1.807) is 0 Å². The molecule has 3 rings (SSSR count). The first-order valence-corrected chi connectivity index (χ1v) is 7.17. The Kier molecular flexibility index (Phi) is 3.16. The predicted molar refractivity (Wildman–Crippen MR) is 81.2 cm³/mol. The van der Waals surface area contributed by atoms with E-state index in [0.717, 1.165) is 13.0 Å². The van der Waals surface area contributed by atoms with Gasteiger partial charge >= 0.3 is 0 Å². The molecule has 0 aliphatic heterocycles. The number of fused-ring (bicyclic) bond motifs is 3. The molecule has 0 spiro atoms. The molecule has 1 aliphatic rings. The van der Waals surface area contributed by atoms with Crippen LogP contribution in [0.2, 0.25) is 0 Å². The number of nitrogens with two attached hydrogens (primary N) is 1. The van der Waals surface area contributed by atoms with Gasteiger partial charge in [-0.2, -0.15) is 0 Å². The normalized spacial score (nSPS) is 15.1. The van der Waals surface area contributed by atoms with Crippen molar-refractivity contribution >= 4 is 0 Å². The number of rotatable bonds is 4. The Balaban J connectivity index is 2.09. The SMILES string of the molecule is CC1(CCCCN)c2ccccc2-c2ccccc21. The minimum atomic E-state index is 0.155. The molecule has 0 saturated carbocycles. The molecule has 2 aromatic rings. The van der Waals surface area contributed by atoms with E-state index in [2.05, 4.69) is 55.5 Å². The Hall–Kier alpha value is -1.60. The Morgan fingerprint density at radius 3 is 1.89 bits per heavy atom. The van der Waals surface area contributed by atoms with Crippen LogP contribution in [0.1, 0.15) is 37.3 Å². The molecule has 0 radical (unpaired) electrons. The molecule has 0 heterocycles. The predicted octanol–water partition coefficient (Wildman–Crippen LogP) is 4.10. The molecular formula is C18H21N. The van der Waals surface area contributed by atoms with Gasteiger partial charge in [0.25, 0.3) is 0 Å². The lowest BCUT2D eigenvalue weighted by molar-refractivity contribution is 0.498. The molecule has 1 aliphatic carbocycles. The molecule has 0 aromatic heterocycles. The lowest BCUT2D eigenvalue weighted by Crippen LogP contribution is -2.21. The van der Waals surface area contributed by atoms with Gasteiger partial charge < -0.3 is 5.73 Å². The largest absolute Gasteiger partial charge is 0.330 e. The average Bonchev–Trinajstić information content (AvgIpc) is 2.71. The number of unbranched alkanes of at least 4 members (excludes halogenated alkanes) is 1. The van der Waals surface area contributed by atoms with Crippen molar-refractivity contribution in [2.75, 3.05) is 6.54 Å². The zero-order chi connectivity index (χ0) is 13.3. The first-order chi connectivity index (χ1) is 9.27. The smallest absolute Gasteiger partial charge is 0.0187 e. The van der Waals surface area contributed by atoms with Crippen molar-refractivity contribution in [1.29, 1.82) is 0 Å². The van der Waals surface area contributed by atoms with Crippen molar-refractivity contribution in [2.24, 2.45) is 5.73 Å². The van der Waals surface area contributed by atoms with Crippen LogP contribution in [0, 0.1) is 0 Å². The first kappa shape index (κ1) is 12.4. The maximum atomic E-state index is 5.65. The van der Waals surface area contributed by atoms with E-state index in [1.807, 2.05) is 0 Å². The topological polar surface area (TPSA) is 26.0 Å². The molecule has 2 N–H and O–H groups in total. The second kappa shape index (κ2) is 4.82. The maximum Gasteiger partial charge on any atom is 0.0187 e. The summed E-state index contributed by atoms with van der Waals surface area (Å²) in [5.41, 5.74) is 11.6. The highest BCUT2D eigenvalue weighted by Crippen LogP contribution is 2.50. The van der Waals surface area contributed by atoms with Gasteiger partial charge in [0.15, 0.2) is 0 Å². The third-order valence-corrected chi connectivity index (χ3v) is 4.46. The summed E-state index contributed by atoms with van der Waals surface area (Å²) in [6.45, 7) is 3.17. The van der Waals surface area contributed by atoms with Crippen molar-refractivity contribution in [3.05, 3.63) is 59.7 Å². The minimum absolute atomic E-state index is 0.155. The van der Waals surface area contributed by atoms with Crippen molar-refractivity contribution in [3.8, 4) is 11.1 Å². The van der Waals surface area contributed by atoms with E-state index in [1.165, 1.54) is 35.1 Å². The summed E-state index contributed by atoms with van der Waals surface area (Å²) < 4.78 is 0. The monoisotopic (exact) mass is 251 g/mol. The summed E-state index contributed by atoms with van der Waals surface area (Å²) >= 11 is 0. The molecule has 0 unspecified atom stereocenters. The molecule has 2 aromatic carbocycles. The Labute approximate surface area is 115 Å². The number of benzene rings is 2. The van der Waals surface area contributed by atoms with Crippen molar-refractivity contribution in [2.45, 2.75) is 31.6 Å². The van der Waals surface area contributed by atoms with Crippen LogP contribution in [-0.2, 0) is 5.41 Å². The fourth-order valence-corrected chi connectivity index (χ4v) is 3.44.